The summed E-state index contributed by atoms with van der Waals surface area (Å²) in [5, 5.41) is 3.27. The van der Waals surface area contributed by atoms with Crippen LogP contribution < -0.4 is 14.8 Å². The molecule has 0 aromatic heterocycles. The highest BCUT2D eigenvalue weighted by Crippen LogP contribution is 2.28. The van der Waals surface area contributed by atoms with Gasteiger partial charge in [0.05, 0.1) is 7.11 Å². The Hall–Kier alpha value is -2.07. The molecule has 0 radical (unpaired) electrons. The lowest BCUT2D eigenvalue weighted by atomic mass is 10.2. The molecule has 1 N–H and O–H groups in total. The fourth-order valence-electron chi connectivity index (χ4n) is 1.95. The molecule has 0 aliphatic heterocycles. The second-order valence-corrected chi connectivity index (χ2v) is 4.68. The summed E-state index contributed by atoms with van der Waals surface area (Å²) in [6.07, 6.45) is 0. The van der Waals surface area contributed by atoms with Crippen molar-refractivity contribution in [3.8, 4) is 11.5 Å². The van der Waals surface area contributed by atoms with Crippen molar-refractivity contribution in [3.63, 3.8) is 0 Å². The largest absolute Gasteiger partial charge is 0.493 e. The van der Waals surface area contributed by atoms with Crippen LogP contribution in [0.1, 0.15) is 18.1 Å². The molecule has 0 aliphatic carbocycles. The molecule has 0 bridgehead atoms. The van der Waals surface area contributed by atoms with E-state index in [4.69, 9.17) is 9.47 Å². The Bertz CT molecular complexity index is 570. The van der Waals surface area contributed by atoms with E-state index in [1.54, 1.807) is 19.2 Å². The number of nitrogens with one attached hydrogen (secondary N) is 1. The fraction of sp³-hybridized carbons (Fsp3) is 0.294. The van der Waals surface area contributed by atoms with Crippen molar-refractivity contribution in [2.45, 2.75) is 20.1 Å². The molecule has 112 valence electrons. The first kappa shape index (κ1) is 15.3. The van der Waals surface area contributed by atoms with E-state index in [0.29, 0.717) is 18.1 Å². The molecule has 2 aromatic rings. The lowest BCUT2D eigenvalue weighted by molar-refractivity contribution is 0.284. The van der Waals surface area contributed by atoms with E-state index in [1.165, 1.54) is 12.1 Å². The minimum atomic E-state index is -0.246. The molecule has 0 amide bonds. The van der Waals surface area contributed by atoms with Crippen LogP contribution in [0.4, 0.5) is 4.39 Å². The maximum Gasteiger partial charge on any atom is 0.161 e. The molecule has 0 saturated carbocycles. The Labute approximate surface area is 124 Å². The first-order valence-corrected chi connectivity index (χ1v) is 6.97. The van der Waals surface area contributed by atoms with Crippen molar-refractivity contribution < 1.29 is 13.9 Å². The number of hydrogen-bond donors (Lipinski definition) is 1. The monoisotopic (exact) mass is 289 g/mol. The van der Waals surface area contributed by atoms with E-state index in [9.17, 15) is 4.39 Å². The molecule has 0 unspecified atom stereocenters. The summed E-state index contributed by atoms with van der Waals surface area (Å²) in [5.74, 6) is 1.14. The van der Waals surface area contributed by atoms with Crippen LogP contribution in [0.3, 0.4) is 0 Å². The van der Waals surface area contributed by atoms with Gasteiger partial charge in [0.2, 0.25) is 0 Å². The maximum atomic E-state index is 12.8. The molecule has 0 spiro atoms. The number of rotatable bonds is 7. The SMILES string of the molecule is CCNCc1ccc(OCc2ccc(F)cc2)c(OC)c1. The van der Waals surface area contributed by atoms with Crippen LogP contribution in [-0.2, 0) is 13.2 Å². The Kier molecular flexibility index (Phi) is 5.58. The van der Waals surface area contributed by atoms with Crippen molar-refractivity contribution in [1.82, 2.24) is 5.32 Å². The normalized spacial score (nSPS) is 10.4. The lowest BCUT2D eigenvalue weighted by Crippen LogP contribution is -2.11. The van der Waals surface area contributed by atoms with E-state index in [0.717, 1.165) is 24.2 Å². The second kappa shape index (κ2) is 7.64. The van der Waals surface area contributed by atoms with Crippen molar-refractivity contribution in [3.05, 3.63) is 59.4 Å². The number of halogens is 1. The number of benzene rings is 2. The Balaban J connectivity index is 2.03. The standard InChI is InChI=1S/C17H20FNO2/c1-3-19-11-14-6-9-16(17(10-14)20-2)21-12-13-4-7-15(18)8-5-13/h4-10,19H,3,11-12H2,1-2H3. The highest BCUT2D eigenvalue weighted by Gasteiger charge is 2.06. The van der Waals surface area contributed by atoms with E-state index in [1.807, 2.05) is 18.2 Å². The number of hydrogen-bond acceptors (Lipinski definition) is 3. The quantitative estimate of drug-likeness (QED) is 0.846. The molecule has 2 aromatic carbocycles. The van der Waals surface area contributed by atoms with Gasteiger partial charge in [-0.1, -0.05) is 25.1 Å². The highest BCUT2D eigenvalue weighted by molar-refractivity contribution is 5.43. The smallest absolute Gasteiger partial charge is 0.161 e. The molecular formula is C17H20FNO2. The molecule has 3 nitrogen and oxygen atoms in total. The van der Waals surface area contributed by atoms with Gasteiger partial charge in [0.25, 0.3) is 0 Å². The predicted molar refractivity (Wildman–Crippen MR) is 81.1 cm³/mol. The van der Waals surface area contributed by atoms with Gasteiger partial charge in [-0.3, -0.25) is 0 Å². The molecule has 0 aliphatic rings. The molecule has 2 rings (SSSR count). The zero-order valence-corrected chi connectivity index (χ0v) is 12.4. The van der Waals surface area contributed by atoms with E-state index >= 15 is 0 Å². The van der Waals surface area contributed by atoms with Gasteiger partial charge in [-0.25, -0.2) is 4.39 Å². The van der Waals surface area contributed by atoms with Crippen LogP contribution in [0, 0.1) is 5.82 Å². The highest BCUT2D eigenvalue weighted by atomic mass is 19.1. The molecule has 0 atom stereocenters. The third-order valence-electron chi connectivity index (χ3n) is 3.11. The Morgan fingerprint density at radius 1 is 1.00 bits per heavy atom. The average molecular weight is 289 g/mol. The van der Waals surface area contributed by atoms with Gasteiger partial charge in [0.1, 0.15) is 12.4 Å². The van der Waals surface area contributed by atoms with Gasteiger partial charge in [-0.2, -0.15) is 0 Å². The van der Waals surface area contributed by atoms with Crippen molar-refractivity contribution in [1.29, 1.82) is 0 Å². The van der Waals surface area contributed by atoms with Gasteiger partial charge in [0.15, 0.2) is 11.5 Å². The molecule has 4 heteroatoms. The third-order valence-corrected chi connectivity index (χ3v) is 3.11. The van der Waals surface area contributed by atoms with Gasteiger partial charge in [-0.05, 0) is 41.9 Å². The molecule has 21 heavy (non-hydrogen) atoms. The van der Waals surface area contributed by atoms with Crippen LogP contribution in [0.15, 0.2) is 42.5 Å². The zero-order valence-electron chi connectivity index (χ0n) is 12.4. The second-order valence-electron chi connectivity index (χ2n) is 4.68. The first-order chi connectivity index (χ1) is 10.2. The summed E-state index contributed by atoms with van der Waals surface area (Å²) in [5.41, 5.74) is 2.05. The maximum absolute atomic E-state index is 12.8. The lowest BCUT2D eigenvalue weighted by Gasteiger charge is -2.12. The van der Waals surface area contributed by atoms with Crippen molar-refractivity contribution in [2.75, 3.05) is 13.7 Å². The van der Waals surface area contributed by atoms with Gasteiger partial charge in [-0.15, -0.1) is 0 Å². The summed E-state index contributed by atoms with van der Waals surface area (Å²) in [4.78, 5) is 0. The topological polar surface area (TPSA) is 30.5 Å². The number of ether oxygens (including phenoxy) is 2. The first-order valence-electron chi connectivity index (χ1n) is 6.97. The number of methoxy groups -OCH3 is 1. The fourth-order valence-corrected chi connectivity index (χ4v) is 1.95. The Morgan fingerprint density at radius 2 is 1.71 bits per heavy atom. The predicted octanol–water partition coefficient (Wildman–Crippen LogP) is 3.52. The summed E-state index contributed by atoms with van der Waals surface area (Å²) in [6, 6.07) is 12.1. The van der Waals surface area contributed by atoms with Crippen LogP contribution >= 0.6 is 0 Å². The van der Waals surface area contributed by atoms with Crippen molar-refractivity contribution in [2.24, 2.45) is 0 Å². The molecule has 0 saturated heterocycles. The minimum Gasteiger partial charge on any atom is -0.493 e. The van der Waals surface area contributed by atoms with Crippen LogP contribution in [0.2, 0.25) is 0 Å². The minimum absolute atomic E-state index is 0.246. The van der Waals surface area contributed by atoms with E-state index < -0.39 is 0 Å². The Morgan fingerprint density at radius 3 is 2.38 bits per heavy atom. The van der Waals surface area contributed by atoms with Crippen LogP contribution in [0.5, 0.6) is 11.5 Å². The summed E-state index contributed by atoms with van der Waals surface area (Å²) in [6.45, 7) is 4.16. The summed E-state index contributed by atoms with van der Waals surface area (Å²) < 4.78 is 24.0. The summed E-state index contributed by atoms with van der Waals surface area (Å²) in [7, 11) is 1.62. The molecule has 0 fully saturated rings. The van der Waals surface area contributed by atoms with Crippen LogP contribution in [0.25, 0.3) is 0 Å². The third kappa shape index (κ3) is 4.46. The molecule has 0 heterocycles. The molecular weight excluding hydrogens is 269 g/mol. The van der Waals surface area contributed by atoms with Gasteiger partial charge < -0.3 is 14.8 Å². The van der Waals surface area contributed by atoms with Crippen molar-refractivity contribution >= 4 is 0 Å². The van der Waals surface area contributed by atoms with E-state index in [2.05, 4.69) is 12.2 Å². The zero-order chi connectivity index (χ0) is 15.1. The van der Waals surface area contributed by atoms with E-state index in [-0.39, 0.29) is 5.82 Å². The van der Waals surface area contributed by atoms with Crippen LogP contribution in [-0.4, -0.2) is 13.7 Å². The average Bonchev–Trinajstić information content (AvgIpc) is 2.52. The van der Waals surface area contributed by atoms with Gasteiger partial charge in [0, 0.05) is 6.54 Å². The van der Waals surface area contributed by atoms with Gasteiger partial charge >= 0.3 is 0 Å². The summed E-state index contributed by atoms with van der Waals surface area (Å²) >= 11 is 0.